The van der Waals surface area contributed by atoms with Crippen molar-refractivity contribution in [1.82, 2.24) is 14.7 Å². The number of nitrogens with zero attached hydrogens (tertiary/aromatic N) is 3. The van der Waals surface area contributed by atoms with Gasteiger partial charge in [-0.3, -0.25) is 4.90 Å². The Bertz CT molecular complexity index is 1010. The standard InChI is InChI=1S/C26H33N3O3/c1-4-25-24(18-28(16-19(2)30)17-20-13-14-20)26(29(27-25)21-9-6-5-7-10-21)32-23-12-8-11-22(15-23)31-3/h5-12,15,19-20,30H,4,13-14,16-18H2,1-3H3/t19-/m1/s1. The molecule has 6 nitrogen and oxygen atoms in total. The lowest BCUT2D eigenvalue weighted by atomic mass is 10.1. The molecule has 1 fully saturated rings. The zero-order valence-corrected chi connectivity index (χ0v) is 19.2. The number of aryl methyl sites for hydroxylation is 1. The number of aliphatic hydroxyl groups excluding tert-OH is 1. The molecule has 4 rings (SSSR count). The minimum atomic E-state index is -0.384. The molecule has 6 heteroatoms. The van der Waals surface area contributed by atoms with E-state index in [0.717, 1.165) is 41.6 Å². The second kappa shape index (κ2) is 10.2. The summed E-state index contributed by atoms with van der Waals surface area (Å²) >= 11 is 0. The minimum absolute atomic E-state index is 0.384. The van der Waals surface area contributed by atoms with E-state index in [1.165, 1.54) is 12.8 Å². The molecular formula is C26H33N3O3. The summed E-state index contributed by atoms with van der Waals surface area (Å²) in [4.78, 5) is 2.34. The molecule has 1 atom stereocenters. The van der Waals surface area contributed by atoms with E-state index in [4.69, 9.17) is 14.6 Å². The molecule has 0 bridgehead atoms. The highest BCUT2D eigenvalue weighted by Gasteiger charge is 2.28. The molecule has 170 valence electrons. The Morgan fingerprint density at radius 1 is 1.12 bits per heavy atom. The minimum Gasteiger partial charge on any atom is -0.497 e. The van der Waals surface area contributed by atoms with Gasteiger partial charge in [0.05, 0.1) is 30.2 Å². The average Bonchev–Trinajstić information content (AvgIpc) is 3.55. The highest BCUT2D eigenvalue weighted by Crippen LogP contribution is 2.35. The summed E-state index contributed by atoms with van der Waals surface area (Å²) in [7, 11) is 1.65. The summed E-state index contributed by atoms with van der Waals surface area (Å²) in [5.41, 5.74) is 3.04. The second-order valence-electron chi connectivity index (χ2n) is 8.60. The highest BCUT2D eigenvalue weighted by molar-refractivity contribution is 5.44. The quantitative estimate of drug-likeness (QED) is 0.468. The van der Waals surface area contributed by atoms with E-state index in [0.29, 0.717) is 24.7 Å². The Labute approximate surface area is 190 Å². The normalized spacial score (nSPS) is 14.5. The molecule has 0 radical (unpaired) electrons. The van der Waals surface area contributed by atoms with Crippen LogP contribution in [-0.4, -0.2) is 46.1 Å². The fourth-order valence-electron chi connectivity index (χ4n) is 4.01. The molecule has 3 aromatic rings. The van der Waals surface area contributed by atoms with Crippen LogP contribution in [0, 0.1) is 5.92 Å². The Morgan fingerprint density at radius 3 is 2.53 bits per heavy atom. The zero-order chi connectivity index (χ0) is 22.5. The van der Waals surface area contributed by atoms with Gasteiger partial charge in [-0.15, -0.1) is 0 Å². The van der Waals surface area contributed by atoms with Gasteiger partial charge in [-0.25, -0.2) is 4.68 Å². The number of aromatic nitrogens is 2. The topological polar surface area (TPSA) is 59.8 Å². The monoisotopic (exact) mass is 435 g/mol. The summed E-state index contributed by atoms with van der Waals surface area (Å²) in [6.45, 7) is 6.28. The van der Waals surface area contributed by atoms with Crippen molar-refractivity contribution in [2.24, 2.45) is 5.92 Å². The molecule has 0 amide bonds. The zero-order valence-electron chi connectivity index (χ0n) is 19.2. The maximum atomic E-state index is 10.1. The SMILES string of the molecule is CCc1nn(-c2ccccc2)c(Oc2cccc(OC)c2)c1CN(CC1CC1)C[C@@H](C)O. The first kappa shape index (κ1) is 22.4. The van der Waals surface area contributed by atoms with Crippen LogP contribution in [0.5, 0.6) is 17.4 Å². The third-order valence-electron chi connectivity index (χ3n) is 5.73. The molecule has 1 N–H and O–H groups in total. The van der Waals surface area contributed by atoms with Crippen LogP contribution in [0.25, 0.3) is 5.69 Å². The van der Waals surface area contributed by atoms with Crippen molar-refractivity contribution in [3.63, 3.8) is 0 Å². The van der Waals surface area contributed by atoms with Crippen LogP contribution < -0.4 is 9.47 Å². The summed E-state index contributed by atoms with van der Waals surface area (Å²) in [6.07, 6.45) is 2.96. The lowest BCUT2D eigenvalue weighted by molar-refractivity contribution is 0.118. The van der Waals surface area contributed by atoms with Crippen molar-refractivity contribution in [1.29, 1.82) is 0 Å². The van der Waals surface area contributed by atoms with E-state index >= 15 is 0 Å². The fourth-order valence-corrected chi connectivity index (χ4v) is 4.01. The van der Waals surface area contributed by atoms with Gasteiger partial charge in [0.1, 0.15) is 11.5 Å². The molecule has 1 aliphatic carbocycles. The van der Waals surface area contributed by atoms with Crippen LogP contribution >= 0.6 is 0 Å². The van der Waals surface area contributed by atoms with Crippen LogP contribution in [-0.2, 0) is 13.0 Å². The average molecular weight is 436 g/mol. The Hall–Kier alpha value is -2.83. The van der Waals surface area contributed by atoms with Gasteiger partial charge >= 0.3 is 0 Å². The maximum Gasteiger partial charge on any atom is 0.227 e. The lowest BCUT2D eigenvalue weighted by Gasteiger charge is -2.24. The molecule has 0 unspecified atom stereocenters. The number of hydrogen-bond donors (Lipinski definition) is 1. The first-order valence-electron chi connectivity index (χ1n) is 11.5. The van der Waals surface area contributed by atoms with Crippen molar-refractivity contribution in [2.75, 3.05) is 20.2 Å². The third-order valence-corrected chi connectivity index (χ3v) is 5.73. The van der Waals surface area contributed by atoms with Gasteiger partial charge in [-0.1, -0.05) is 31.2 Å². The van der Waals surface area contributed by atoms with Crippen LogP contribution in [0.4, 0.5) is 0 Å². The predicted molar refractivity (Wildman–Crippen MR) is 126 cm³/mol. The van der Waals surface area contributed by atoms with Gasteiger partial charge in [0, 0.05) is 25.7 Å². The van der Waals surface area contributed by atoms with E-state index < -0.39 is 0 Å². The first-order chi connectivity index (χ1) is 15.6. The summed E-state index contributed by atoms with van der Waals surface area (Å²) in [6, 6.07) is 17.7. The van der Waals surface area contributed by atoms with Gasteiger partial charge in [0.25, 0.3) is 0 Å². The van der Waals surface area contributed by atoms with Crippen LogP contribution in [0.1, 0.15) is 37.9 Å². The number of hydrogen-bond acceptors (Lipinski definition) is 5. The smallest absolute Gasteiger partial charge is 0.227 e. The molecule has 2 aromatic carbocycles. The summed E-state index contributed by atoms with van der Waals surface area (Å²) < 4.78 is 13.8. The third kappa shape index (κ3) is 5.50. The van der Waals surface area contributed by atoms with Crippen LogP contribution in [0.2, 0.25) is 0 Å². The summed E-state index contributed by atoms with van der Waals surface area (Å²) in [5, 5.41) is 15.0. The van der Waals surface area contributed by atoms with E-state index in [-0.39, 0.29) is 6.10 Å². The van der Waals surface area contributed by atoms with Crippen molar-refractivity contribution in [2.45, 2.75) is 45.8 Å². The molecule has 0 spiro atoms. The van der Waals surface area contributed by atoms with Crippen molar-refractivity contribution >= 4 is 0 Å². The van der Waals surface area contributed by atoms with E-state index in [9.17, 15) is 5.11 Å². The first-order valence-corrected chi connectivity index (χ1v) is 11.5. The largest absolute Gasteiger partial charge is 0.497 e. The number of benzene rings is 2. The van der Waals surface area contributed by atoms with Crippen molar-refractivity contribution in [3.8, 4) is 23.1 Å². The molecule has 1 saturated carbocycles. The van der Waals surface area contributed by atoms with Gasteiger partial charge in [-0.2, -0.15) is 5.10 Å². The molecule has 32 heavy (non-hydrogen) atoms. The molecule has 0 saturated heterocycles. The van der Waals surface area contributed by atoms with Gasteiger partial charge in [0.2, 0.25) is 5.88 Å². The molecule has 0 aliphatic heterocycles. The lowest BCUT2D eigenvalue weighted by Crippen LogP contribution is -2.32. The van der Waals surface area contributed by atoms with Crippen LogP contribution in [0.3, 0.4) is 0 Å². The Kier molecular flexibility index (Phi) is 7.12. The second-order valence-corrected chi connectivity index (χ2v) is 8.60. The van der Waals surface area contributed by atoms with E-state index in [2.05, 4.69) is 11.8 Å². The number of para-hydroxylation sites is 1. The van der Waals surface area contributed by atoms with Gasteiger partial charge in [-0.05, 0) is 56.4 Å². The molecule has 1 heterocycles. The predicted octanol–water partition coefficient (Wildman–Crippen LogP) is 4.83. The van der Waals surface area contributed by atoms with Crippen LogP contribution in [0.15, 0.2) is 54.6 Å². The fraction of sp³-hybridized carbons (Fsp3) is 0.423. The Balaban J connectivity index is 1.75. The Morgan fingerprint density at radius 2 is 1.88 bits per heavy atom. The molecular weight excluding hydrogens is 402 g/mol. The number of methoxy groups -OCH3 is 1. The molecule has 1 aliphatic rings. The number of rotatable bonds is 11. The molecule has 1 aromatic heterocycles. The van der Waals surface area contributed by atoms with Gasteiger partial charge < -0.3 is 14.6 Å². The summed E-state index contributed by atoms with van der Waals surface area (Å²) in [5.74, 6) is 2.89. The highest BCUT2D eigenvalue weighted by atomic mass is 16.5. The number of ether oxygens (including phenoxy) is 2. The van der Waals surface area contributed by atoms with Crippen molar-refractivity contribution < 1.29 is 14.6 Å². The van der Waals surface area contributed by atoms with Gasteiger partial charge in [0.15, 0.2) is 0 Å². The van der Waals surface area contributed by atoms with E-state index in [1.807, 2.05) is 66.2 Å². The number of aliphatic hydroxyl groups is 1. The maximum absolute atomic E-state index is 10.1. The van der Waals surface area contributed by atoms with Crippen molar-refractivity contribution in [3.05, 3.63) is 65.9 Å². The van der Waals surface area contributed by atoms with E-state index in [1.54, 1.807) is 7.11 Å².